The van der Waals surface area contributed by atoms with Crippen LogP contribution in [-0.2, 0) is 53.1 Å². The maximum atomic E-state index is 14.3. The van der Waals surface area contributed by atoms with Gasteiger partial charge in [-0.05, 0) is 84.5 Å². The topological polar surface area (TPSA) is 197 Å². The van der Waals surface area contributed by atoms with Gasteiger partial charge in [0.2, 0.25) is 0 Å². The molecule has 1 saturated heterocycles. The number of carbonyl (C=O) groups excluding carboxylic acids is 5. The van der Waals surface area contributed by atoms with Gasteiger partial charge >= 0.3 is 5.97 Å². The monoisotopic (exact) mass is 1050 g/mol. The first-order valence-corrected chi connectivity index (χ1v) is 25.8. The number of rotatable bonds is 25. The number of hydrogen-bond acceptors (Lipinski definition) is 16. The molecule has 0 saturated carbocycles. The molecule has 0 unspecified atom stereocenters. The second-order valence-electron chi connectivity index (χ2n) is 18.9. The molecule has 5 aliphatic rings. The Balaban J connectivity index is 0.996. The van der Waals surface area contributed by atoms with Crippen LogP contribution in [0, 0.1) is 0 Å². The number of para-hydroxylation sites is 1. The summed E-state index contributed by atoms with van der Waals surface area (Å²) < 4.78 is 41.5. The van der Waals surface area contributed by atoms with E-state index in [1.807, 2.05) is 61.5 Å². The number of nitrogens with one attached hydrogen (secondary N) is 1. The van der Waals surface area contributed by atoms with E-state index in [9.17, 15) is 24.0 Å². The molecule has 1 N–H and O–H groups in total. The molecule has 5 heterocycles. The van der Waals surface area contributed by atoms with Crippen molar-refractivity contribution in [2.45, 2.75) is 70.7 Å². The molecule has 0 aliphatic carbocycles. The van der Waals surface area contributed by atoms with Gasteiger partial charge in [0, 0.05) is 87.8 Å². The third kappa shape index (κ3) is 12.0. The largest absolute Gasteiger partial charge is 0.493 e. The lowest BCUT2D eigenvalue weighted by molar-refractivity contribution is -0.197. The number of methoxy groups -OCH3 is 3. The smallest absolute Gasteiger partial charge is 0.333 e. The normalized spacial score (nSPS) is 17.4. The van der Waals surface area contributed by atoms with Crippen molar-refractivity contribution in [2.75, 3.05) is 89.1 Å². The van der Waals surface area contributed by atoms with Crippen molar-refractivity contribution in [2.24, 2.45) is 4.99 Å². The standard InChI is InChI=1S/C58H64N6O13/c1-6-11-39-27-42-33-59-46-31-52(50(71-4)29-44(46)57(68)62(42)48(39)7-2)75-35-37-24-38(36-76-53-32-47-45(30-51(53)72-5)58(69)63-43(34-60-47)28-40-12-8-9-13-49(40)63)26-41(25-37)61(18-19-73-22-23-74-21-20-70-3)17-10-14-56(67)77-64-54(65)15-16-55(64)66/h6-9,11-13,24-26,29-32,34,42-43,59H,2,10,14-23,27-28,33,35-36H2,1,3-5H3/b11-6-/t42-,43-/m0/s1. The van der Waals surface area contributed by atoms with Crippen molar-refractivity contribution >= 4 is 58.6 Å². The van der Waals surface area contributed by atoms with Crippen LogP contribution in [0.5, 0.6) is 23.0 Å². The number of amides is 4. The minimum Gasteiger partial charge on any atom is -0.493 e. The number of carbonyl (C=O) groups is 5. The highest BCUT2D eigenvalue weighted by Crippen LogP contribution is 2.43. The van der Waals surface area contributed by atoms with Crippen molar-refractivity contribution in [1.29, 1.82) is 0 Å². The molecule has 1 fully saturated rings. The van der Waals surface area contributed by atoms with E-state index in [0.29, 0.717) is 122 Å². The Morgan fingerprint density at radius 1 is 0.779 bits per heavy atom. The average molecular weight is 1050 g/mol. The highest BCUT2D eigenvalue weighted by molar-refractivity contribution is 6.15. The second kappa shape index (κ2) is 24.8. The van der Waals surface area contributed by atoms with Gasteiger partial charge in [0.25, 0.3) is 23.6 Å². The number of aliphatic imine (C=N–C) groups is 1. The van der Waals surface area contributed by atoms with Gasteiger partial charge in [0.1, 0.15) is 13.2 Å². The number of benzene rings is 4. The van der Waals surface area contributed by atoms with Crippen LogP contribution in [0.1, 0.15) is 76.4 Å². The highest BCUT2D eigenvalue weighted by atomic mass is 16.7. The van der Waals surface area contributed by atoms with E-state index in [2.05, 4.69) is 16.8 Å². The number of fused-ring (bicyclic) bond motifs is 6. The molecular formula is C58H64N6O13. The SMILES string of the molecule is C=CC1=C(/C=C\C)C[C@H]2CNc3cc(OCc4cc(COc5cc6c(cc5OC)C(=O)N5c7ccccc7C[C@H]5C=N6)cc(N(CCCC(=O)ON5C(=O)CCC5=O)CCOCCOCCOC)c4)c(OC)cc3C(=O)N12. The lowest BCUT2D eigenvalue weighted by Gasteiger charge is -2.26. The molecule has 0 radical (unpaired) electrons. The van der Waals surface area contributed by atoms with E-state index in [4.69, 9.17) is 43.0 Å². The number of imide groups is 1. The first kappa shape index (κ1) is 53.8. The number of nitrogens with zero attached hydrogens (tertiary/aromatic N) is 5. The summed E-state index contributed by atoms with van der Waals surface area (Å²) in [7, 11) is 4.66. The first-order valence-electron chi connectivity index (χ1n) is 25.8. The van der Waals surface area contributed by atoms with Crippen LogP contribution in [0.25, 0.3) is 0 Å². The summed E-state index contributed by atoms with van der Waals surface area (Å²) in [4.78, 5) is 81.5. The van der Waals surface area contributed by atoms with E-state index in [0.717, 1.165) is 39.3 Å². The van der Waals surface area contributed by atoms with Gasteiger partial charge in [-0.3, -0.25) is 29.1 Å². The minimum absolute atomic E-state index is 0.00734. The summed E-state index contributed by atoms with van der Waals surface area (Å²) in [6.45, 7) is 9.22. The summed E-state index contributed by atoms with van der Waals surface area (Å²) in [5, 5.41) is 4.04. The van der Waals surface area contributed by atoms with Gasteiger partial charge in [-0.15, -0.1) is 5.06 Å². The molecule has 19 nitrogen and oxygen atoms in total. The molecule has 5 aliphatic heterocycles. The first-order chi connectivity index (χ1) is 37.5. The molecule has 404 valence electrons. The van der Waals surface area contributed by atoms with E-state index in [1.54, 1.807) is 53.5 Å². The van der Waals surface area contributed by atoms with E-state index < -0.39 is 17.8 Å². The molecule has 2 atom stereocenters. The summed E-state index contributed by atoms with van der Waals surface area (Å²) in [5.41, 5.74) is 7.88. The Morgan fingerprint density at radius 3 is 2.16 bits per heavy atom. The Kier molecular flexibility index (Phi) is 17.3. The molecule has 9 rings (SSSR count). The van der Waals surface area contributed by atoms with E-state index in [-0.39, 0.29) is 56.4 Å². The molecule has 0 spiro atoms. The Labute approximate surface area is 447 Å². The predicted molar refractivity (Wildman–Crippen MR) is 287 cm³/mol. The predicted octanol–water partition coefficient (Wildman–Crippen LogP) is 7.68. The number of hydrogen-bond donors (Lipinski definition) is 1. The Hall–Kier alpha value is -8.00. The number of anilines is 3. The Bertz CT molecular complexity index is 2990. The summed E-state index contributed by atoms with van der Waals surface area (Å²) in [6.07, 6.45) is 9.06. The number of hydroxylamine groups is 2. The lowest BCUT2D eigenvalue weighted by atomic mass is 10.1. The lowest BCUT2D eigenvalue weighted by Crippen LogP contribution is -2.37. The van der Waals surface area contributed by atoms with Crippen LogP contribution in [0.4, 0.5) is 22.7 Å². The fourth-order valence-electron chi connectivity index (χ4n) is 10.2. The van der Waals surface area contributed by atoms with E-state index >= 15 is 0 Å². The van der Waals surface area contributed by atoms with Gasteiger partial charge in [-0.1, -0.05) is 36.9 Å². The van der Waals surface area contributed by atoms with Crippen molar-refractivity contribution in [3.8, 4) is 23.0 Å². The highest BCUT2D eigenvalue weighted by Gasteiger charge is 2.39. The van der Waals surface area contributed by atoms with Crippen LogP contribution in [-0.4, -0.2) is 132 Å². The minimum atomic E-state index is -0.706. The van der Waals surface area contributed by atoms with Crippen molar-refractivity contribution in [3.05, 3.63) is 131 Å². The number of allylic oxidation sites excluding steroid dienone is 3. The third-order valence-corrected chi connectivity index (χ3v) is 13.9. The third-order valence-electron chi connectivity index (χ3n) is 13.9. The van der Waals surface area contributed by atoms with Gasteiger partial charge in [0.05, 0.1) is 81.8 Å². The molecule has 77 heavy (non-hydrogen) atoms. The molecule has 19 heteroatoms. The maximum Gasteiger partial charge on any atom is 0.333 e. The fraction of sp³-hybridized carbons (Fsp3) is 0.379. The molecule has 4 aromatic carbocycles. The van der Waals surface area contributed by atoms with Gasteiger partial charge in [0.15, 0.2) is 23.0 Å². The fourth-order valence-corrected chi connectivity index (χ4v) is 10.2. The van der Waals surface area contributed by atoms with E-state index in [1.165, 1.54) is 14.2 Å². The van der Waals surface area contributed by atoms with Crippen LogP contribution in [0.15, 0.2) is 108 Å². The van der Waals surface area contributed by atoms with Crippen LogP contribution >= 0.6 is 0 Å². The molecule has 0 bridgehead atoms. The van der Waals surface area contributed by atoms with Gasteiger partial charge < -0.3 is 53.1 Å². The van der Waals surface area contributed by atoms with Crippen LogP contribution < -0.4 is 34.1 Å². The zero-order chi connectivity index (χ0) is 54.0. The van der Waals surface area contributed by atoms with Gasteiger partial charge in [-0.25, -0.2) is 4.79 Å². The van der Waals surface area contributed by atoms with Crippen molar-refractivity contribution in [1.82, 2.24) is 9.96 Å². The molecule has 4 amide bonds. The zero-order valence-corrected chi connectivity index (χ0v) is 43.9. The summed E-state index contributed by atoms with van der Waals surface area (Å²) >= 11 is 0. The van der Waals surface area contributed by atoms with Crippen molar-refractivity contribution < 1.29 is 62.0 Å². The van der Waals surface area contributed by atoms with Crippen molar-refractivity contribution in [3.63, 3.8) is 0 Å². The average Bonchev–Trinajstić information content (AvgIpc) is 4.05. The number of ether oxygens (including phenoxy) is 7. The van der Waals surface area contributed by atoms with Crippen LogP contribution in [0.2, 0.25) is 0 Å². The van der Waals surface area contributed by atoms with Crippen LogP contribution in [0.3, 0.4) is 0 Å². The maximum absolute atomic E-state index is 14.3. The molecule has 4 aromatic rings. The summed E-state index contributed by atoms with van der Waals surface area (Å²) in [5.74, 6) is -0.663. The summed E-state index contributed by atoms with van der Waals surface area (Å²) in [6, 6.07) is 20.3. The van der Waals surface area contributed by atoms with Gasteiger partial charge in [-0.2, -0.15) is 0 Å². The zero-order valence-electron chi connectivity index (χ0n) is 43.9. The Morgan fingerprint density at radius 2 is 1.45 bits per heavy atom. The molecule has 0 aromatic heterocycles. The quantitative estimate of drug-likeness (QED) is 0.0501. The molecular weight excluding hydrogens is 989 g/mol. The second-order valence-corrected chi connectivity index (χ2v) is 18.9.